The Hall–Kier alpha value is -2.28. The third-order valence-electron chi connectivity index (χ3n) is 3.36. The van der Waals surface area contributed by atoms with Crippen LogP contribution in [0.3, 0.4) is 0 Å². The van der Waals surface area contributed by atoms with Crippen molar-refractivity contribution in [2.24, 2.45) is 5.92 Å². The molecule has 0 fully saturated rings. The molecular formula is C18H17N. The highest BCUT2D eigenvalue weighted by Gasteiger charge is 2.13. The monoisotopic (exact) mass is 247 g/mol. The SMILES string of the molecule is C1=CC(CN(c2ccccc2)c2ccccc2)C=C1. The number of nitrogens with zero attached hydrogens (tertiary/aromatic N) is 1. The molecule has 1 heteroatoms. The second kappa shape index (κ2) is 5.57. The molecule has 3 rings (SSSR count). The van der Waals surface area contributed by atoms with Crippen LogP contribution in [0.15, 0.2) is 85.0 Å². The van der Waals surface area contributed by atoms with Crippen molar-refractivity contribution in [1.82, 2.24) is 0 Å². The number of anilines is 2. The quantitative estimate of drug-likeness (QED) is 0.765. The van der Waals surface area contributed by atoms with Crippen LogP contribution in [0, 0.1) is 5.92 Å². The van der Waals surface area contributed by atoms with Crippen LogP contribution in [-0.2, 0) is 0 Å². The van der Waals surface area contributed by atoms with Gasteiger partial charge in [-0.2, -0.15) is 0 Å². The van der Waals surface area contributed by atoms with Crippen LogP contribution < -0.4 is 4.90 Å². The van der Waals surface area contributed by atoms with E-state index in [1.165, 1.54) is 11.4 Å². The summed E-state index contributed by atoms with van der Waals surface area (Å²) in [6, 6.07) is 21.1. The zero-order chi connectivity index (χ0) is 12.9. The number of hydrogen-bond acceptors (Lipinski definition) is 1. The van der Waals surface area contributed by atoms with Gasteiger partial charge in [0.15, 0.2) is 0 Å². The molecule has 0 aromatic heterocycles. The molecule has 19 heavy (non-hydrogen) atoms. The number of allylic oxidation sites excluding steroid dienone is 2. The van der Waals surface area contributed by atoms with Crippen molar-refractivity contribution in [3.8, 4) is 0 Å². The minimum atomic E-state index is 0.486. The van der Waals surface area contributed by atoms with Gasteiger partial charge in [-0.3, -0.25) is 0 Å². The van der Waals surface area contributed by atoms with E-state index in [0.29, 0.717) is 5.92 Å². The summed E-state index contributed by atoms with van der Waals surface area (Å²) in [6.07, 6.45) is 8.75. The maximum Gasteiger partial charge on any atom is 0.0411 e. The predicted octanol–water partition coefficient (Wildman–Crippen LogP) is 4.57. The van der Waals surface area contributed by atoms with Crippen LogP contribution in [0.4, 0.5) is 11.4 Å². The van der Waals surface area contributed by atoms with E-state index in [2.05, 4.69) is 89.9 Å². The standard InChI is InChI=1S/C18H17N/c1-3-11-17(12-4-1)19(15-16-9-7-8-10-16)18-13-5-2-6-14-18/h1-14,16H,15H2. The molecule has 0 amide bonds. The second-order valence-corrected chi connectivity index (χ2v) is 4.72. The summed E-state index contributed by atoms with van der Waals surface area (Å²) < 4.78 is 0. The average molecular weight is 247 g/mol. The van der Waals surface area contributed by atoms with Crippen molar-refractivity contribution < 1.29 is 0 Å². The van der Waals surface area contributed by atoms with Crippen molar-refractivity contribution in [2.75, 3.05) is 11.4 Å². The first-order valence-corrected chi connectivity index (χ1v) is 6.66. The van der Waals surface area contributed by atoms with Gasteiger partial charge < -0.3 is 4.90 Å². The third kappa shape index (κ3) is 2.76. The maximum atomic E-state index is 2.37. The molecule has 2 aromatic carbocycles. The molecular weight excluding hydrogens is 230 g/mol. The Morgan fingerprint density at radius 3 is 1.63 bits per heavy atom. The Morgan fingerprint density at radius 1 is 0.684 bits per heavy atom. The summed E-state index contributed by atoms with van der Waals surface area (Å²) in [5.74, 6) is 0.486. The Kier molecular flexibility index (Phi) is 3.46. The molecule has 1 aliphatic rings. The van der Waals surface area contributed by atoms with Crippen LogP contribution in [0.25, 0.3) is 0 Å². The summed E-state index contributed by atoms with van der Waals surface area (Å²) in [6.45, 7) is 0.973. The first-order valence-electron chi connectivity index (χ1n) is 6.66. The molecule has 1 aliphatic carbocycles. The molecule has 0 N–H and O–H groups in total. The van der Waals surface area contributed by atoms with Crippen LogP contribution in [0.2, 0.25) is 0 Å². The van der Waals surface area contributed by atoms with Crippen molar-refractivity contribution >= 4 is 11.4 Å². The average Bonchev–Trinajstić information content (AvgIpc) is 3.00. The number of hydrogen-bond donors (Lipinski definition) is 0. The molecule has 0 aliphatic heterocycles. The zero-order valence-electron chi connectivity index (χ0n) is 10.8. The lowest BCUT2D eigenvalue weighted by atomic mass is 10.1. The van der Waals surface area contributed by atoms with E-state index < -0.39 is 0 Å². The van der Waals surface area contributed by atoms with E-state index >= 15 is 0 Å². The van der Waals surface area contributed by atoms with Crippen LogP contribution in [0.1, 0.15) is 0 Å². The second-order valence-electron chi connectivity index (χ2n) is 4.72. The van der Waals surface area contributed by atoms with Crippen molar-refractivity contribution in [2.45, 2.75) is 0 Å². The molecule has 0 spiro atoms. The summed E-state index contributed by atoms with van der Waals surface area (Å²) in [4.78, 5) is 2.37. The molecule has 0 radical (unpaired) electrons. The van der Waals surface area contributed by atoms with Crippen LogP contribution in [0.5, 0.6) is 0 Å². The number of rotatable bonds is 4. The largest absolute Gasteiger partial charge is 0.341 e. The molecule has 2 aromatic rings. The van der Waals surface area contributed by atoms with E-state index in [9.17, 15) is 0 Å². The fourth-order valence-electron chi connectivity index (χ4n) is 2.39. The third-order valence-corrected chi connectivity index (χ3v) is 3.36. The minimum Gasteiger partial charge on any atom is -0.341 e. The smallest absolute Gasteiger partial charge is 0.0411 e. The Balaban J connectivity index is 1.91. The summed E-state index contributed by atoms with van der Waals surface area (Å²) in [5.41, 5.74) is 2.48. The lowest BCUT2D eigenvalue weighted by Crippen LogP contribution is -2.22. The van der Waals surface area contributed by atoms with Crippen LogP contribution >= 0.6 is 0 Å². The fourth-order valence-corrected chi connectivity index (χ4v) is 2.39. The van der Waals surface area contributed by atoms with Gasteiger partial charge in [-0.05, 0) is 24.3 Å². The molecule has 1 nitrogen and oxygen atoms in total. The molecule has 0 unspecified atom stereocenters. The van der Waals surface area contributed by atoms with Gasteiger partial charge in [0.05, 0.1) is 0 Å². The van der Waals surface area contributed by atoms with E-state index in [4.69, 9.17) is 0 Å². The first-order chi connectivity index (χ1) is 9.43. The van der Waals surface area contributed by atoms with Gasteiger partial charge in [0.1, 0.15) is 0 Å². The molecule has 0 bridgehead atoms. The molecule has 94 valence electrons. The van der Waals surface area contributed by atoms with Gasteiger partial charge in [0.25, 0.3) is 0 Å². The van der Waals surface area contributed by atoms with E-state index in [1.807, 2.05) is 0 Å². The Labute approximate surface area is 114 Å². The van der Waals surface area contributed by atoms with Crippen LogP contribution in [-0.4, -0.2) is 6.54 Å². The van der Waals surface area contributed by atoms with Crippen molar-refractivity contribution in [3.05, 3.63) is 85.0 Å². The zero-order valence-corrected chi connectivity index (χ0v) is 10.8. The van der Waals surface area contributed by atoms with E-state index in [0.717, 1.165) is 6.54 Å². The fraction of sp³-hybridized carbons (Fsp3) is 0.111. The molecule has 0 saturated carbocycles. The van der Waals surface area contributed by atoms with E-state index in [1.54, 1.807) is 0 Å². The highest BCUT2D eigenvalue weighted by atomic mass is 15.1. The topological polar surface area (TPSA) is 3.24 Å². The van der Waals surface area contributed by atoms with Gasteiger partial charge in [0, 0.05) is 23.8 Å². The minimum absolute atomic E-state index is 0.486. The number of para-hydroxylation sites is 2. The Bertz CT molecular complexity index is 518. The molecule has 0 heterocycles. The maximum absolute atomic E-state index is 2.37. The normalized spacial score (nSPS) is 13.9. The van der Waals surface area contributed by atoms with Gasteiger partial charge in [-0.25, -0.2) is 0 Å². The predicted molar refractivity (Wildman–Crippen MR) is 81.7 cm³/mol. The lowest BCUT2D eigenvalue weighted by molar-refractivity contribution is 0.801. The van der Waals surface area contributed by atoms with Crippen molar-refractivity contribution in [1.29, 1.82) is 0 Å². The summed E-state index contributed by atoms with van der Waals surface area (Å²) in [7, 11) is 0. The van der Waals surface area contributed by atoms with Gasteiger partial charge in [-0.1, -0.05) is 60.7 Å². The van der Waals surface area contributed by atoms with Gasteiger partial charge in [-0.15, -0.1) is 0 Å². The lowest BCUT2D eigenvalue weighted by Gasteiger charge is -2.27. The molecule has 0 saturated heterocycles. The van der Waals surface area contributed by atoms with Gasteiger partial charge >= 0.3 is 0 Å². The highest BCUT2D eigenvalue weighted by Crippen LogP contribution is 2.27. The van der Waals surface area contributed by atoms with Gasteiger partial charge in [0.2, 0.25) is 0 Å². The van der Waals surface area contributed by atoms with E-state index in [-0.39, 0.29) is 0 Å². The number of benzene rings is 2. The summed E-state index contributed by atoms with van der Waals surface area (Å²) in [5, 5.41) is 0. The summed E-state index contributed by atoms with van der Waals surface area (Å²) >= 11 is 0. The molecule has 0 atom stereocenters. The first kappa shape index (κ1) is 11.8. The van der Waals surface area contributed by atoms with Crippen molar-refractivity contribution in [3.63, 3.8) is 0 Å². The Morgan fingerprint density at radius 2 is 1.16 bits per heavy atom. The highest BCUT2D eigenvalue weighted by molar-refractivity contribution is 5.63.